The van der Waals surface area contributed by atoms with Gasteiger partial charge in [-0.3, -0.25) is 9.48 Å². The zero-order valence-electron chi connectivity index (χ0n) is 15.3. The first-order valence-electron chi connectivity index (χ1n) is 9.01. The molecule has 2 heterocycles. The summed E-state index contributed by atoms with van der Waals surface area (Å²) in [6, 6.07) is 14.8. The fraction of sp³-hybridized carbons (Fsp3) is 0.190. The van der Waals surface area contributed by atoms with Crippen LogP contribution in [0.25, 0.3) is 21.9 Å². The fourth-order valence-electron chi connectivity index (χ4n) is 3.11. The molecule has 0 unspecified atom stereocenters. The van der Waals surface area contributed by atoms with Crippen molar-refractivity contribution in [2.75, 3.05) is 6.61 Å². The first-order chi connectivity index (χ1) is 13.7. The molecule has 2 aromatic carbocycles. The fourth-order valence-corrected chi connectivity index (χ4v) is 3.11. The van der Waals surface area contributed by atoms with Crippen LogP contribution in [0.2, 0.25) is 0 Å². The SMILES string of the molecule is CCOc1ccc(CNC(=O)Cn2ncc3c(=O)oc4ccccc4c32)cc1. The molecule has 0 aliphatic rings. The lowest BCUT2D eigenvalue weighted by Gasteiger charge is -2.08. The van der Waals surface area contributed by atoms with Gasteiger partial charge in [0, 0.05) is 11.9 Å². The molecule has 0 bridgehead atoms. The summed E-state index contributed by atoms with van der Waals surface area (Å²) in [6.07, 6.45) is 1.44. The Balaban J connectivity index is 1.52. The van der Waals surface area contributed by atoms with Crippen molar-refractivity contribution in [3.05, 3.63) is 70.7 Å². The molecule has 0 saturated heterocycles. The third kappa shape index (κ3) is 3.46. The summed E-state index contributed by atoms with van der Waals surface area (Å²) in [7, 11) is 0. The molecule has 2 aromatic heterocycles. The number of carbonyl (C=O) groups is 1. The Kier molecular flexibility index (Phi) is 4.80. The number of aromatic nitrogens is 2. The molecule has 4 rings (SSSR count). The lowest BCUT2D eigenvalue weighted by molar-refractivity contribution is -0.121. The number of carbonyl (C=O) groups excluding carboxylic acids is 1. The Labute approximate surface area is 160 Å². The van der Waals surface area contributed by atoms with E-state index in [0.29, 0.717) is 29.6 Å². The predicted octanol–water partition coefficient (Wildman–Crippen LogP) is 2.86. The van der Waals surface area contributed by atoms with Crippen molar-refractivity contribution in [3.63, 3.8) is 0 Å². The number of ether oxygens (including phenoxy) is 1. The number of benzene rings is 2. The second-order valence-corrected chi connectivity index (χ2v) is 6.30. The van der Waals surface area contributed by atoms with Crippen LogP contribution in [0.15, 0.2) is 63.9 Å². The topological polar surface area (TPSA) is 86.4 Å². The van der Waals surface area contributed by atoms with E-state index in [0.717, 1.165) is 16.7 Å². The van der Waals surface area contributed by atoms with Crippen molar-refractivity contribution < 1.29 is 13.9 Å². The molecule has 28 heavy (non-hydrogen) atoms. The molecule has 0 saturated carbocycles. The predicted molar refractivity (Wildman–Crippen MR) is 105 cm³/mol. The van der Waals surface area contributed by atoms with Gasteiger partial charge in [-0.2, -0.15) is 5.10 Å². The lowest BCUT2D eigenvalue weighted by Crippen LogP contribution is -2.27. The first kappa shape index (κ1) is 17.8. The highest BCUT2D eigenvalue weighted by molar-refractivity contribution is 6.02. The highest BCUT2D eigenvalue weighted by Crippen LogP contribution is 2.22. The highest BCUT2D eigenvalue weighted by Gasteiger charge is 2.14. The monoisotopic (exact) mass is 377 g/mol. The molecular formula is C21H19N3O4. The van der Waals surface area contributed by atoms with Crippen LogP contribution in [0.3, 0.4) is 0 Å². The summed E-state index contributed by atoms with van der Waals surface area (Å²) in [5.41, 5.74) is 1.57. The largest absolute Gasteiger partial charge is 0.494 e. The molecule has 4 aromatic rings. The number of nitrogens with one attached hydrogen (secondary N) is 1. The first-order valence-corrected chi connectivity index (χ1v) is 9.01. The van der Waals surface area contributed by atoms with E-state index >= 15 is 0 Å². The van der Waals surface area contributed by atoms with Crippen molar-refractivity contribution in [1.82, 2.24) is 15.1 Å². The summed E-state index contributed by atoms with van der Waals surface area (Å²) < 4.78 is 12.2. The van der Waals surface area contributed by atoms with Crippen LogP contribution >= 0.6 is 0 Å². The summed E-state index contributed by atoms with van der Waals surface area (Å²) in [6.45, 7) is 2.95. The smallest absolute Gasteiger partial charge is 0.347 e. The standard InChI is InChI=1S/C21H19N3O4/c1-2-27-15-9-7-14(8-10-15)11-22-19(25)13-24-20-16-5-3-4-6-18(16)28-21(26)17(20)12-23-24/h3-10,12H,2,11,13H2,1H3,(H,22,25). The van der Waals surface area contributed by atoms with E-state index in [2.05, 4.69) is 10.4 Å². The van der Waals surface area contributed by atoms with Gasteiger partial charge < -0.3 is 14.5 Å². The molecule has 0 spiro atoms. The average molecular weight is 377 g/mol. The maximum Gasteiger partial charge on any atom is 0.347 e. The maximum atomic E-state index is 12.4. The minimum absolute atomic E-state index is 0.00791. The van der Waals surface area contributed by atoms with Crippen molar-refractivity contribution in [2.24, 2.45) is 0 Å². The number of hydrogen-bond acceptors (Lipinski definition) is 5. The van der Waals surface area contributed by atoms with Gasteiger partial charge in [0.05, 0.1) is 18.3 Å². The molecule has 0 fully saturated rings. The third-order valence-corrected chi connectivity index (χ3v) is 4.42. The van der Waals surface area contributed by atoms with E-state index in [9.17, 15) is 9.59 Å². The summed E-state index contributed by atoms with van der Waals surface area (Å²) in [5.74, 6) is 0.600. The van der Waals surface area contributed by atoms with Gasteiger partial charge >= 0.3 is 5.63 Å². The Morgan fingerprint density at radius 3 is 2.71 bits per heavy atom. The van der Waals surface area contributed by atoms with Crippen LogP contribution in [-0.4, -0.2) is 22.3 Å². The van der Waals surface area contributed by atoms with Crippen LogP contribution in [0.1, 0.15) is 12.5 Å². The molecule has 0 radical (unpaired) electrons. The Bertz CT molecular complexity index is 1190. The zero-order chi connectivity index (χ0) is 19.5. The Morgan fingerprint density at radius 2 is 1.93 bits per heavy atom. The van der Waals surface area contributed by atoms with Crippen molar-refractivity contribution in [2.45, 2.75) is 20.0 Å². The Morgan fingerprint density at radius 1 is 1.14 bits per heavy atom. The average Bonchev–Trinajstić information content (AvgIpc) is 3.12. The van der Waals surface area contributed by atoms with Crippen molar-refractivity contribution in [3.8, 4) is 5.75 Å². The van der Waals surface area contributed by atoms with Gasteiger partial charge in [0.15, 0.2) is 0 Å². The quantitative estimate of drug-likeness (QED) is 0.522. The normalized spacial score (nSPS) is 11.0. The highest BCUT2D eigenvalue weighted by atomic mass is 16.5. The van der Waals surface area contributed by atoms with Gasteiger partial charge in [0.1, 0.15) is 23.3 Å². The van der Waals surface area contributed by atoms with Crippen molar-refractivity contribution in [1.29, 1.82) is 0 Å². The number of amides is 1. The van der Waals surface area contributed by atoms with E-state index in [1.165, 1.54) is 10.9 Å². The maximum absolute atomic E-state index is 12.4. The van der Waals surface area contributed by atoms with E-state index in [1.807, 2.05) is 43.3 Å². The van der Waals surface area contributed by atoms with Crippen LogP contribution in [0.4, 0.5) is 0 Å². The van der Waals surface area contributed by atoms with E-state index < -0.39 is 5.63 Å². The molecule has 142 valence electrons. The number of rotatable bonds is 6. The van der Waals surface area contributed by atoms with Crippen LogP contribution < -0.4 is 15.7 Å². The minimum atomic E-state index is -0.463. The molecule has 7 nitrogen and oxygen atoms in total. The molecule has 0 aliphatic heterocycles. The number of fused-ring (bicyclic) bond motifs is 3. The number of nitrogens with zero attached hydrogens (tertiary/aromatic N) is 2. The van der Waals surface area contributed by atoms with Gasteiger partial charge in [-0.25, -0.2) is 4.79 Å². The molecule has 0 atom stereocenters. The second-order valence-electron chi connectivity index (χ2n) is 6.30. The number of hydrogen-bond donors (Lipinski definition) is 1. The van der Waals surface area contributed by atoms with Gasteiger partial charge in [0.2, 0.25) is 5.91 Å². The zero-order valence-corrected chi connectivity index (χ0v) is 15.3. The summed E-state index contributed by atoms with van der Waals surface area (Å²) in [5, 5.41) is 8.19. The van der Waals surface area contributed by atoms with Gasteiger partial charge in [-0.15, -0.1) is 0 Å². The third-order valence-electron chi connectivity index (χ3n) is 4.42. The van der Waals surface area contributed by atoms with E-state index in [4.69, 9.17) is 9.15 Å². The van der Waals surface area contributed by atoms with E-state index in [1.54, 1.807) is 12.1 Å². The Hall–Kier alpha value is -3.61. The second kappa shape index (κ2) is 7.56. The summed E-state index contributed by atoms with van der Waals surface area (Å²) >= 11 is 0. The minimum Gasteiger partial charge on any atom is -0.494 e. The van der Waals surface area contributed by atoms with Crippen molar-refractivity contribution >= 4 is 27.8 Å². The molecule has 0 aliphatic carbocycles. The molecule has 1 amide bonds. The number of para-hydroxylation sites is 1. The summed E-state index contributed by atoms with van der Waals surface area (Å²) in [4.78, 5) is 24.6. The molecule has 7 heteroatoms. The van der Waals surface area contributed by atoms with E-state index in [-0.39, 0.29) is 12.5 Å². The van der Waals surface area contributed by atoms with Gasteiger partial charge in [-0.05, 0) is 36.8 Å². The lowest BCUT2D eigenvalue weighted by atomic mass is 10.2. The molecular weight excluding hydrogens is 358 g/mol. The van der Waals surface area contributed by atoms with Crippen LogP contribution in [0.5, 0.6) is 5.75 Å². The van der Waals surface area contributed by atoms with Crippen LogP contribution in [0, 0.1) is 0 Å². The van der Waals surface area contributed by atoms with Gasteiger partial charge in [0.25, 0.3) is 0 Å². The molecule has 1 N–H and O–H groups in total. The van der Waals surface area contributed by atoms with Gasteiger partial charge in [-0.1, -0.05) is 24.3 Å². The van der Waals surface area contributed by atoms with Crippen LogP contribution in [-0.2, 0) is 17.9 Å².